The standard InChI is InChI=1S/C16H22N2O2/c1-4-18(11-13(2)10-17)12-15-8-6-5-7-14(15)9-16(19)20-3/h5-8,13H,4,9,11-12H2,1-3H3. The summed E-state index contributed by atoms with van der Waals surface area (Å²) < 4.78 is 4.73. The van der Waals surface area contributed by atoms with E-state index in [-0.39, 0.29) is 18.3 Å². The second-order valence-electron chi connectivity index (χ2n) is 4.88. The van der Waals surface area contributed by atoms with Crippen LogP contribution in [-0.4, -0.2) is 31.1 Å². The lowest BCUT2D eigenvalue weighted by molar-refractivity contribution is -0.139. The van der Waals surface area contributed by atoms with Gasteiger partial charge >= 0.3 is 5.97 Å². The van der Waals surface area contributed by atoms with Gasteiger partial charge in [-0.1, -0.05) is 31.2 Å². The van der Waals surface area contributed by atoms with Crippen LogP contribution in [0.25, 0.3) is 0 Å². The molecule has 0 aliphatic rings. The molecular weight excluding hydrogens is 252 g/mol. The van der Waals surface area contributed by atoms with Crippen LogP contribution in [0.1, 0.15) is 25.0 Å². The Balaban J connectivity index is 2.79. The second-order valence-corrected chi connectivity index (χ2v) is 4.88. The van der Waals surface area contributed by atoms with Crippen LogP contribution >= 0.6 is 0 Å². The van der Waals surface area contributed by atoms with E-state index in [1.165, 1.54) is 7.11 Å². The number of benzene rings is 1. The molecule has 1 atom stereocenters. The van der Waals surface area contributed by atoms with Gasteiger partial charge in [-0.25, -0.2) is 0 Å². The van der Waals surface area contributed by atoms with Gasteiger partial charge in [0.25, 0.3) is 0 Å². The fraction of sp³-hybridized carbons (Fsp3) is 0.500. The molecule has 0 amide bonds. The highest BCUT2D eigenvalue weighted by atomic mass is 16.5. The molecule has 0 aromatic heterocycles. The molecule has 0 fully saturated rings. The van der Waals surface area contributed by atoms with Gasteiger partial charge in [-0.05, 0) is 24.6 Å². The van der Waals surface area contributed by atoms with Crippen LogP contribution in [0.5, 0.6) is 0 Å². The summed E-state index contributed by atoms with van der Waals surface area (Å²) in [6, 6.07) is 10.1. The predicted octanol–water partition coefficient (Wildman–Crippen LogP) is 2.38. The molecule has 1 aromatic rings. The first-order valence-electron chi connectivity index (χ1n) is 6.86. The van der Waals surface area contributed by atoms with E-state index >= 15 is 0 Å². The third-order valence-corrected chi connectivity index (χ3v) is 3.27. The van der Waals surface area contributed by atoms with Gasteiger partial charge in [-0.3, -0.25) is 9.69 Å². The fourth-order valence-corrected chi connectivity index (χ4v) is 2.09. The van der Waals surface area contributed by atoms with E-state index in [0.29, 0.717) is 0 Å². The Kier molecular flexibility index (Phi) is 6.75. The Morgan fingerprint density at radius 3 is 2.60 bits per heavy atom. The van der Waals surface area contributed by atoms with E-state index in [4.69, 9.17) is 10.00 Å². The minimum absolute atomic E-state index is 0.00252. The van der Waals surface area contributed by atoms with E-state index < -0.39 is 0 Å². The summed E-state index contributed by atoms with van der Waals surface area (Å²) in [5.74, 6) is -0.228. The number of nitrogens with zero attached hydrogens (tertiary/aromatic N) is 2. The van der Waals surface area contributed by atoms with E-state index in [1.807, 2.05) is 31.2 Å². The molecule has 4 nitrogen and oxygen atoms in total. The number of nitriles is 1. The lowest BCUT2D eigenvalue weighted by Crippen LogP contribution is -2.28. The van der Waals surface area contributed by atoms with Gasteiger partial charge in [0.2, 0.25) is 0 Å². The first-order chi connectivity index (χ1) is 9.60. The number of hydrogen-bond acceptors (Lipinski definition) is 4. The highest BCUT2D eigenvalue weighted by Gasteiger charge is 2.12. The summed E-state index contributed by atoms with van der Waals surface area (Å²) in [7, 11) is 1.40. The first kappa shape index (κ1) is 16.2. The average molecular weight is 274 g/mol. The molecule has 1 aromatic carbocycles. The van der Waals surface area contributed by atoms with Gasteiger partial charge in [0.15, 0.2) is 0 Å². The number of rotatable bonds is 7. The fourth-order valence-electron chi connectivity index (χ4n) is 2.09. The molecule has 1 rings (SSSR count). The number of carbonyl (C=O) groups excluding carboxylic acids is 1. The predicted molar refractivity (Wildman–Crippen MR) is 77.9 cm³/mol. The summed E-state index contributed by atoms with van der Waals surface area (Å²) in [5, 5.41) is 8.91. The van der Waals surface area contributed by atoms with Crippen molar-refractivity contribution in [2.45, 2.75) is 26.8 Å². The SMILES string of the molecule is CCN(Cc1ccccc1CC(=O)OC)CC(C)C#N. The number of esters is 1. The smallest absolute Gasteiger partial charge is 0.309 e. The van der Waals surface area contributed by atoms with Gasteiger partial charge < -0.3 is 4.74 Å². The zero-order valence-corrected chi connectivity index (χ0v) is 12.4. The molecule has 20 heavy (non-hydrogen) atoms. The average Bonchev–Trinajstić information content (AvgIpc) is 2.47. The van der Waals surface area contributed by atoms with Crippen LogP contribution in [0.3, 0.4) is 0 Å². The molecule has 0 heterocycles. The maximum atomic E-state index is 11.4. The van der Waals surface area contributed by atoms with Gasteiger partial charge in [0, 0.05) is 13.1 Å². The summed E-state index contributed by atoms with van der Waals surface area (Å²) in [5.41, 5.74) is 2.10. The Labute approximate surface area is 121 Å². The number of hydrogen-bond donors (Lipinski definition) is 0. The van der Waals surface area contributed by atoms with Crippen LogP contribution in [0.2, 0.25) is 0 Å². The van der Waals surface area contributed by atoms with Crippen LogP contribution < -0.4 is 0 Å². The van der Waals surface area contributed by atoms with Crippen molar-refractivity contribution in [3.8, 4) is 6.07 Å². The molecule has 108 valence electrons. The molecule has 0 aliphatic carbocycles. The largest absolute Gasteiger partial charge is 0.469 e. The Morgan fingerprint density at radius 1 is 1.40 bits per heavy atom. The highest BCUT2D eigenvalue weighted by Crippen LogP contribution is 2.14. The van der Waals surface area contributed by atoms with Crippen LogP contribution in [0.4, 0.5) is 0 Å². The Bertz CT molecular complexity index is 480. The zero-order valence-electron chi connectivity index (χ0n) is 12.4. The summed E-state index contributed by atoms with van der Waals surface area (Å²) in [6.45, 7) is 6.35. The Hall–Kier alpha value is -1.86. The molecule has 0 spiro atoms. The van der Waals surface area contributed by atoms with Crippen molar-refractivity contribution in [2.75, 3.05) is 20.2 Å². The lowest BCUT2D eigenvalue weighted by atomic mass is 10.0. The zero-order chi connectivity index (χ0) is 15.0. The Morgan fingerprint density at radius 2 is 2.05 bits per heavy atom. The summed E-state index contributed by atoms with van der Waals surface area (Å²) in [4.78, 5) is 13.6. The normalized spacial score (nSPS) is 11.9. The molecule has 0 saturated heterocycles. The highest BCUT2D eigenvalue weighted by molar-refractivity contribution is 5.72. The first-order valence-corrected chi connectivity index (χ1v) is 6.86. The maximum Gasteiger partial charge on any atom is 0.309 e. The van der Waals surface area contributed by atoms with Crippen LogP contribution in [0.15, 0.2) is 24.3 Å². The molecule has 0 saturated carbocycles. The van der Waals surface area contributed by atoms with Crippen molar-refractivity contribution in [2.24, 2.45) is 5.92 Å². The maximum absolute atomic E-state index is 11.4. The minimum Gasteiger partial charge on any atom is -0.469 e. The van der Waals surface area contributed by atoms with E-state index in [2.05, 4.69) is 17.9 Å². The van der Waals surface area contributed by atoms with Gasteiger partial charge in [0.05, 0.1) is 25.5 Å². The lowest BCUT2D eigenvalue weighted by Gasteiger charge is -2.22. The molecule has 1 unspecified atom stereocenters. The van der Waals surface area contributed by atoms with Crippen molar-refractivity contribution < 1.29 is 9.53 Å². The molecule has 0 bridgehead atoms. The van der Waals surface area contributed by atoms with Crippen molar-refractivity contribution in [3.63, 3.8) is 0 Å². The van der Waals surface area contributed by atoms with Crippen molar-refractivity contribution in [3.05, 3.63) is 35.4 Å². The van der Waals surface area contributed by atoms with Gasteiger partial charge in [-0.15, -0.1) is 0 Å². The number of methoxy groups -OCH3 is 1. The van der Waals surface area contributed by atoms with Crippen LogP contribution in [0, 0.1) is 17.2 Å². The quantitative estimate of drug-likeness (QED) is 0.716. The monoisotopic (exact) mass is 274 g/mol. The topological polar surface area (TPSA) is 53.3 Å². The summed E-state index contributed by atoms with van der Waals surface area (Å²) in [6.07, 6.45) is 0.290. The molecule has 0 aliphatic heterocycles. The third-order valence-electron chi connectivity index (χ3n) is 3.27. The van der Waals surface area contributed by atoms with E-state index in [1.54, 1.807) is 0 Å². The number of carbonyl (C=O) groups is 1. The second kappa shape index (κ2) is 8.34. The van der Waals surface area contributed by atoms with Crippen molar-refractivity contribution in [1.29, 1.82) is 5.26 Å². The third kappa shape index (κ3) is 5.02. The molecular formula is C16H22N2O2. The van der Waals surface area contributed by atoms with Gasteiger partial charge in [0.1, 0.15) is 0 Å². The van der Waals surface area contributed by atoms with Crippen molar-refractivity contribution in [1.82, 2.24) is 4.90 Å². The van der Waals surface area contributed by atoms with E-state index in [0.717, 1.165) is 30.8 Å². The van der Waals surface area contributed by atoms with E-state index in [9.17, 15) is 4.79 Å². The summed E-state index contributed by atoms with van der Waals surface area (Å²) >= 11 is 0. The molecule has 0 radical (unpaired) electrons. The molecule has 0 N–H and O–H groups in total. The number of ether oxygens (including phenoxy) is 1. The minimum atomic E-state index is -0.231. The van der Waals surface area contributed by atoms with Gasteiger partial charge in [-0.2, -0.15) is 5.26 Å². The molecule has 4 heteroatoms. The van der Waals surface area contributed by atoms with Crippen molar-refractivity contribution >= 4 is 5.97 Å². The van der Waals surface area contributed by atoms with Crippen LogP contribution in [-0.2, 0) is 22.5 Å².